The van der Waals surface area contributed by atoms with Crippen LogP contribution in [0.25, 0.3) is 0 Å². The lowest BCUT2D eigenvalue weighted by Gasteiger charge is -2.23. The highest BCUT2D eigenvalue weighted by Crippen LogP contribution is 2.37. The summed E-state index contributed by atoms with van der Waals surface area (Å²) < 4.78 is 65.3. The molecule has 0 unspecified atom stereocenters. The highest BCUT2D eigenvalue weighted by atomic mass is 32.2. The number of carbonyl (C=O) groups excluding carboxylic acids is 1. The Kier molecular flexibility index (Phi) is 5.59. The number of anilines is 3. The van der Waals surface area contributed by atoms with Gasteiger partial charge in [-0.25, -0.2) is 8.42 Å². The second kappa shape index (κ2) is 8.07. The topological polar surface area (TPSA) is 69.7 Å². The molecule has 4 rings (SSSR count). The van der Waals surface area contributed by atoms with Crippen molar-refractivity contribution in [1.29, 1.82) is 0 Å². The molecule has 1 N–H and O–H groups in total. The lowest BCUT2D eigenvalue weighted by atomic mass is 10.1. The van der Waals surface area contributed by atoms with Gasteiger partial charge in [-0.05, 0) is 55.7 Å². The first-order chi connectivity index (χ1) is 14.6. The van der Waals surface area contributed by atoms with E-state index in [1.165, 1.54) is 22.5 Å². The third kappa shape index (κ3) is 4.48. The summed E-state index contributed by atoms with van der Waals surface area (Å²) in [6.45, 7) is 1.74. The second-order valence-corrected chi connectivity index (χ2v) is 9.68. The number of halogens is 3. The lowest BCUT2D eigenvalue weighted by molar-refractivity contribution is -0.137. The quantitative estimate of drug-likeness (QED) is 0.757. The third-order valence-corrected chi connectivity index (χ3v) is 7.38. The normalized spacial score (nSPS) is 18.4. The molecule has 1 amide bonds. The molecule has 0 bridgehead atoms. The minimum absolute atomic E-state index is 0.0485. The first kappa shape index (κ1) is 21.5. The average molecular weight is 453 g/mol. The predicted octanol–water partition coefficient (Wildman–Crippen LogP) is 4.10. The number of rotatable bonds is 4. The van der Waals surface area contributed by atoms with Gasteiger partial charge in [0.2, 0.25) is 10.0 Å². The number of carbonyl (C=O) groups is 1. The number of hydrogen-bond donors (Lipinski definition) is 1. The zero-order valence-electron chi connectivity index (χ0n) is 16.7. The molecule has 2 aromatic rings. The molecular formula is C21H22F3N3O3S. The number of nitrogens with one attached hydrogen (secondary N) is 1. The maximum Gasteiger partial charge on any atom is 0.416 e. The SMILES string of the molecule is O=C(Nc1cc(C(F)(F)F)ccc1N1CCCC1)c1cccc(N2CCCS2(=O)=O)c1. The minimum atomic E-state index is -4.53. The van der Waals surface area contributed by atoms with Crippen LogP contribution < -0.4 is 14.5 Å². The van der Waals surface area contributed by atoms with E-state index < -0.39 is 27.7 Å². The van der Waals surface area contributed by atoms with Crippen molar-refractivity contribution in [2.75, 3.05) is 39.9 Å². The Hall–Kier alpha value is -2.75. The second-order valence-electron chi connectivity index (χ2n) is 7.67. The van der Waals surface area contributed by atoms with E-state index in [9.17, 15) is 26.4 Å². The Morgan fingerprint density at radius 1 is 0.968 bits per heavy atom. The van der Waals surface area contributed by atoms with E-state index in [0.29, 0.717) is 37.4 Å². The molecule has 10 heteroatoms. The van der Waals surface area contributed by atoms with Crippen LogP contribution in [-0.2, 0) is 16.2 Å². The number of sulfonamides is 1. The summed E-state index contributed by atoms with van der Waals surface area (Å²) >= 11 is 0. The molecule has 2 aliphatic heterocycles. The van der Waals surface area contributed by atoms with E-state index in [0.717, 1.165) is 25.0 Å². The summed E-state index contributed by atoms with van der Waals surface area (Å²) in [6, 6.07) is 9.46. The highest BCUT2D eigenvalue weighted by Gasteiger charge is 2.32. The van der Waals surface area contributed by atoms with Crippen molar-refractivity contribution in [3.05, 3.63) is 53.6 Å². The number of nitrogens with zero attached hydrogens (tertiary/aromatic N) is 2. The molecule has 2 saturated heterocycles. The Balaban J connectivity index is 1.64. The molecule has 31 heavy (non-hydrogen) atoms. The van der Waals surface area contributed by atoms with Crippen LogP contribution in [0.4, 0.5) is 30.2 Å². The average Bonchev–Trinajstić information content (AvgIpc) is 3.36. The monoisotopic (exact) mass is 453 g/mol. The van der Waals surface area contributed by atoms with Crippen molar-refractivity contribution in [3.63, 3.8) is 0 Å². The van der Waals surface area contributed by atoms with Crippen molar-refractivity contribution >= 4 is 33.0 Å². The molecule has 0 saturated carbocycles. The van der Waals surface area contributed by atoms with Gasteiger partial charge in [0, 0.05) is 25.2 Å². The fraction of sp³-hybridized carbons (Fsp3) is 0.381. The molecule has 0 aromatic heterocycles. The maximum atomic E-state index is 13.2. The van der Waals surface area contributed by atoms with E-state index in [1.807, 2.05) is 4.90 Å². The molecule has 2 fully saturated rings. The van der Waals surface area contributed by atoms with Crippen LogP contribution in [0.1, 0.15) is 35.2 Å². The van der Waals surface area contributed by atoms with Crippen LogP contribution in [0.15, 0.2) is 42.5 Å². The Morgan fingerprint density at radius 2 is 1.71 bits per heavy atom. The van der Waals surface area contributed by atoms with Crippen LogP contribution in [-0.4, -0.2) is 39.7 Å². The smallest absolute Gasteiger partial charge is 0.370 e. The van der Waals surface area contributed by atoms with Gasteiger partial charge in [-0.15, -0.1) is 0 Å². The number of benzene rings is 2. The molecule has 6 nitrogen and oxygen atoms in total. The Labute approximate surface area is 178 Å². The van der Waals surface area contributed by atoms with Gasteiger partial charge < -0.3 is 10.2 Å². The van der Waals surface area contributed by atoms with Crippen molar-refractivity contribution in [2.45, 2.75) is 25.4 Å². The molecule has 0 radical (unpaired) electrons. The van der Waals surface area contributed by atoms with Gasteiger partial charge in [-0.3, -0.25) is 9.10 Å². The van der Waals surface area contributed by atoms with E-state index in [-0.39, 0.29) is 17.0 Å². The minimum Gasteiger partial charge on any atom is -0.370 e. The fourth-order valence-corrected chi connectivity index (χ4v) is 5.53. The third-order valence-electron chi connectivity index (χ3n) is 5.51. The highest BCUT2D eigenvalue weighted by molar-refractivity contribution is 7.93. The summed E-state index contributed by atoms with van der Waals surface area (Å²) in [6.07, 6.45) is -2.17. The summed E-state index contributed by atoms with van der Waals surface area (Å²) in [5.74, 6) is -0.550. The van der Waals surface area contributed by atoms with Gasteiger partial charge in [0.25, 0.3) is 5.91 Å². The molecule has 2 heterocycles. The van der Waals surface area contributed by atoms with Gasteiger partial charge in [-0.1, -0.05) is 6.07 Å². The van der Waals surface area contributed by atoms with Crippen LogP contribution >= 0.6 is 0 Å². The molecule has 0 atom stereocenters. The zero-order chi connectivity index (χ0) is 22.2. The number of amides is 1. The molecule has 0 spiro atoms. The summed E-state index contributed by atoms with van der Waals surface area (Å²) in [5, 5.41) is 2.61. The first-order valence-electron chi connectivity index (χ1n) is 10.0. The van der Waals surface area contributed by atoms with E-state index >= 15 is 0 Å². The van der Waals surface area contributed by atoms with E-state index in [4.69, 9.17) is 0 Å². The first-order valence-corrected chi connectivity index (χ1v) is 11.6. The van der Waals surface area contributed by atoms with Crippen molar-refractivity contribution in [2.24, 2.45) is 0 Å². The molecular weight excluding hydrogens is 431 g/mol. The van der Waals surface area contributed by atoms with Crippen molar-refractivity contribution in [1.82, 2.24) is 0 Å². The Bertz CT molecular complexity index is 1100. The van der Waals surface area contributed by atoms with E-state index in [2.05, 4.69) is 5.32 Å². The van der Waals surface area contributed by atoms with Crippen LogP contribution in [0, 0.1) is 0 Å². The van der Waals surface area contributed by atoms with Crippen LogP contribution in [0.2, 0.25) is 0 Å². The molecule has 2 aromatic carbocycles. The lowest BCUT2D eigenvalue weighted by Crippen LogP contribution is -2.25. The van der Waals surface area contributed by atoms with Crippen molar-refractivity contribution < 1.29 is 26.4 Å². The van der Waals surface area contributed by atoms with Gasteiger partial charge in [0.15, 0.2) is 0 Å². The number of alkyl halides is 3. The van der Waals surface area contributed by atoms with Crippen LogP contribution in [0.5, 0.6) is 0 Å². The van der Waals surface area contributed by atoms with Gasteiger partial charge >= 0.3 is 6.18 Å². The van der Waals surface area contributed by atoms with E-state index in [1.54, 1.807) is 12.1 Å². The molecule has 2 aliphatic rings. The van der Waals surface area contributed by atoms with Crippen LogP contribution in [0.3, 0.4) is 0 Å². The maximum absolute atomic E-state index is 13.2. The standard InChI is InChI=1S/C21H22F3N3O3S/c22-21(23,24)16-7-8-19(26-9-1-2-10-26)18(14-16)25-20(28)15-5-3-6-17(13-15)27-11-4-12-31(27,29)30/h3,5-8,13-14H,1-2,4,9-12H2,(H,25,28). The summed E-state index contributed by atoms with van der Waals surface area (Å²) in [4.78, 5) is 14.8. The summed E-state index contributed by atoms with van der Waals surface area (Å²) in [7, 11) is -3.41. The van der Waals surface area contributed by atoms with Gasteiger partial charge in [0.05, 0.1) is 28.4 Å². The van der Waals surface area contributed by atoms with Gasteiger partial charge in [-0.2, -0.15) is 13.2 Å². The summed E-state index contributed by atoms with van der Waals surface area (Å²) in [5.41, 5.74) is 0.319. The van der Waals surface area contributed by atoms with Gasteiger partial charge in [0.1, 0.15) is 0 Å². The molecule has 166 valence electrons. The van der Waals surface area contributed by atoms with Crippen molar-refractivity contribution in [3.8, 4) is 0 Å². The largest absolute Gasteiger partial charge is 0.416 e. The predicted molar refractivity (Wildman–Crippen MR) is 113 cm³/mol. The Morgan fingerprint density at radius 3 is 2.35 bits per heavy atom. The molecule has 0 aliphatic carbocycles. The number of hydrogen-bond acceptors (Lipinski definition) is 4. The fourth-order valence-electron chi connectivity index (χ4n) is 3.97. The zero-order valence-corrected chi connectivity index (χ0v) is 17.5.